The number of likely N-dealkylation sites (tertiary alicyclic amines) is 1. The number of likely N-dealkylation sites (N-methyl/N-ethyl adjacent to an activating group) is 2. The Bertz CT molecular complexity index is 535. The van der Waals surface area contributed by atoms with Crippen LogP contribution in [0.5, 0.6) is 0 Å². The van der Waals surface area contributed by atoms with Crippen LogP contribution in [0.25, 0.3) is 0 Å². The van der Waals surface area contributed by atoms with Crippen LogP contribution in [0, 0.1) is 5.82 Å². The molecule has 1 aromatic carbocycles. The molecule has 0 saturated carbocycles. The molecule has 0 bridgehead atoms. The molecule has 2 rings (SSSR count). The van der Waals surface area contributed by atoms with Crippen LogP contribution in [0.2, 0.25) is 0 Å². The molecule has 0 spiro atoms. The molecule has 1 aliphatic heterocycles. The van der Waals surface area contributed by atoms with Gasteiger partial charge in [0.2, 0.25) is 0 Å². The third-order valence-electron chi connectivity index (χ3n) is 4.19. The molecule has 0 aliphatic carbocycles. The van der Waals surface area contributed by atoms with Gasteiger partial charge >= 0.3 is 0 Å². The highest BCUT2D eigenvalue weighted by atomic mass is 19.1. The summed E-state index contributed by atoms with van der Waals surface area (Å²) in [5.74, 6) is -1.07. The Morgan fingerprint density at radius 2 is 2.24 bits per heavy atom. The lowest BCUT2D eigenvalue weighted by Crippen LogP contribution is -2.39. The Morgan fingerprint density at radius 3 is 2.86 bits per heavy atom. The van der Waals surface area contributed by atoms with Crippen molar-refractivity contribution < 1.29 is 9.18 Å². The smallest absolute Gasteiger partial charge is 0.250 e. The fourth-order valence-electron chi connectivity index (χ4n) is 3.02. The van der Waals surface area contributed by atoms with E-state index in [-0.39, 0.29) is 11.3 Å². The first kappa shape index (κ1) is 15.6. The highest BCUT2D eigenvalue weighted by Gasteiger charge is 2.25. The summed E-state index contributed by atoms with van der Waals surface area (Å²) in [6, 6.07) is 3.02. The van der Waals surface area contributed by atoms with Gasteiger partial charge in [-0.2, -0.15) is 0 Å². The molecule has 5 nitrogen and oxygen atoms in total. The Balaban J connectivity index is 2.20. The number of primary amides is 1. The van der Waals surface area contributed by atoms with Crippen molar-refractivity contribution >= 4 is 17.3 Å². The molecule has 1 unspecified atom stereocenters. The fraction of sp³-hybridized carbons (Fsp3) is 0.533. The van der Waals surface area contributed by atoms with Crippen molar-refractivity contribution in [2.45, 2.75) is 25.8 Å². The summed E-state index contributed by atoms with van der Waals surface area (Å²) >= 11 is 0. The number of hydrogen-bond donors (Lipinski definition) is 2. The zero-order valence-electron chi connectivity index (χ0n) is 12.6. The van der Waals surface area contributed by atoms with Gasteiger partial charge in [0.05, 0.1) is 11.3 Å². The van der Waals surface area contributed by atoms with Crippen LogP contribution in [0.1, 0.15) is 30.1 Å². The van der Waals surface area contributed by atoms with E-state index >= 15 is 0 Å². The second kappa shape index (κ2) is 6.30. The Kier molecular flexibility index (Phi) is 4.67. The van der Waals surface area contributed by atoms with Crippen LogP contribution < -0.4 is 16.4 Å². The first-order valence-electron chi connectivity index (χ1n) is 7.28. The lowest BCUT2D eigenvalue weighted by molar-refractivity contribution is 0.100. The molecule has 21 heavy (non-hydrogen) atoms. The molecular formula is C15H23FN4O. The van der Waals surface area contributed by atoms with E-state index < -0.39 is 11.7 Å². The number of rotatable bonds is 5. The number of carbonyl (C=O) groups is 1. The number of carbonyl (C=O) groups excluding carboxylic acids is 1. The average Bonchev–Trinajstić information content (AvgIpc) is 2.85. The van der Waals surface area contributed by atoms with Crippen molar-refractivity contribution in [1.82, 2.24) is 4.90 Å². The van der Waals surface area contributed by atoms with Gasteiger partial charge in [-0.3, -0.25) is 9.69 Å². The minimum Gasteiger partial charge on any atom is -0.398 e. The second-order valence-corrected chi connectivity index (χ2v) is 5.56. The second-order valence-electron chi connectivity index (χ2n) is 5.56. The van der Waals surface area contributed by atoms with Gasteiger partial charge in [0.1, 0.15) is 5.82 Å². The first-order chi connectivity index (χ1) is 9.93. The molecule has 116 valence electrons. The Labute approximate surface area is 124 Å². The topological polar surface area (TPSA) is 75.6 Å². The van der Waals surface area contributed by atoms with Gasteiger partial charge in [-0.25, -0.2) is 4.39 Å². The summed E-state index contributed by atoms with van der Waals surface area (Å²) in [7, 11) is 1.82. The predicted molar refractivity (Wildman–Crippen MR) is 82.9 cm³/mol. The van der Waals surface area contributed by atoms with Crippen molar-refractivity contribution in [3.63, 3.8) is 0 Å². The summed E-state index contributed by atoms with van der Waals surface area (Å²) in [5, 5.41) is 0. The molecule has 1 aromatic rings. The minimum absolute atomic E-state index is 0.0770. The predicted octanol–water partition coefficient (Wildman–Crippen LogP) is 1.43. The van der Waals surface area contributed by atoms with Crippen LogP contribution in [-0.2, 0) is 0 Å². The summed E-state index contributed by atoms with van der Waals surface area (Å²) in [6.45, 7) is 4.93. The van der Waals surface area contributed by atoms with Gasteiger partial charge < -0.3 is 16.4 Å². The van der Waals surface area contributed by atoms with Crippen LogP contribution >= 0.6 is 0 Å². The Hall–Kier alpha value is -1.82. The van der Waals surface area contributed by atoms with E-state index in [4.69, 9.17) is 11.5 Å². The number of nitrogens with zero attached hydrogens (tertiary/aromatic N) is 2. The first-order valence-corrected chi connectivity index (χ1v) is 7.28. The molecule has 1 saturated heterocycles. The SMILES string of the molecule is CCN1CCCC1CN(C)c1cc(C(N)=O)c(N)cc1F. The summed E-state index contributed by atoms with van der Waals surface area (Å²) in [6.07, 6.45) is 2.28. The highest BCUT2D eigenvalue weighted by molar-refractivity contribution is 5.99. The van der Waals surface area contributed by atoms with Crippen molar-refractivity contribution in [2.24, 2.45) is 5.73 Å². The monoisotopic (exact) mass is 294 g/mol. The minimum atomic E-state index is -0.641. The molecule has 1 atom stereocenters. The van der Waals surface area contributed by atoms with Gasteiger partial charge in [0, 0.05) is 25.3 Å². The quantitative estimate of drug-likeness (QED) is 0.806. The average molecular weight is 294 g/mol. The van der Waals surface area contributed by atoms with Gasteiger partial charge in [0.15, 0.2) is 0 Å². The lowest BCUT2D eigenvalue weighted by Gasteiger charge is -2.29. The molecule has 6 heteroatoms. The summed E-state index contributed by atoms with van der Waals surface area (Å²) in [5.41, 5.74) is 11.5. The molecule has 1 fully saturated rings. The van der Waals surface area contributed by atoms with E-state index in [0.29, 0.717) is 18.3 Å². The van der Waals surface area contributed by atoms with Gasteiger partial charge in [-0.05, 0) is 38.1 Å². The van der Waals surface area contributed by atoms with Crippen molar-refractivity contribution in [1.29, 1.82) is 0 Å². The number of benzene rings is 1. The molecule has 4 N–H and O–H groups in total. The highest BCUT2D eigenvalue weighted by Crippen LogP contribution is 2.26. The van der Waals surface area contributed by atoms with E-state index in [1.807, 2.05) is 11.9 Å². The van der Waals surface area contributed by atoms with E-state index in [1.54, 1.807) is 0 Å². The number of nitrogens with two attached hydrogens (primary N) is 2. The van der Waals surface area contributed by atoms with Crippen LogP contribution in [0.4, 0.5) is 15.8 Å². The van der Waals surface area contributed by atoms with Gasteiger partial charge in [0.25, 0.3) is 5.91 Å². The van der Waals surface area contributed by atoms with Crippen molar-refractivity contribution in [3.8, 4) is 0 Å². The number of amides is 1. The van der Waals surface area contributed by atoms with Crippen LogP contribution in [0.15, 0.2) is 12.1 Å². The normalized spacial score (nSPS) is 18.9. The number of nitrogen functional groups attached to an aromatic ring is 1. The molecule has 1 amide bonds. The zero-order valence-corrected chi connectivity index (χ0v) is 12.6. The van der Waals surface area contributed by atoms with Gasteiger partial charge in [-0.15, -0.1) is 0 Å². The van der Waals surface area contributed by atoms with E-state index in [9.17, 15) is 9.18 Å². The molecular weight excluding hydrogens is 271 g/mol. The third-order valence-corrected chi connectivity index (χ3v) is 4.19. The van der Waals surface area contributed by atoms with Crippen LogP contribution in [-0.4, -0.2) is 43.5 Å². The lowest BCUT2D eigenvalue weighted by atomic mass is 10.1. The number of halogens is 1. The van der Waals surface area contributed by atoms with Crippen LogP contribution in [0.3, 0.4) is 0 Å². The number of anilines is 2. The third kappa shape index (κ3) is 3.26. The molecule has 0 aromatic heterocycles. The maximum Gasteiger partial charge on any atom is 0.250 e. The zero-order chi connectivity index (χ0) is 15.6. The largest absolute Gasteiger partial charge is 0.398 e. The summed E-state index contributed by atoms with van der Waals surface area (Å²) < 4.78 is 14.1. The standard InChI is InChI=1S/C15H23FN4O/c1-3-20-6-4-5-10(20)9-19(2)14-7-11(15(18)21)13(17)8-12(14)16/h7-8,10H,3-6,9,17H2,1-2H3,(H2,18,21). The Morgan fingerprint density at radius 1 is 1.52 bits per heavy atom. The van der Waals surface area contributed by atoms with E-state index in [2.05, 4.69) is 11.8 Å². The molecule has 1 heterocycles. The molecule has 0 radical (unpaired) electrons. The van der Waals surface area contributed by atoms with E-state index in [0.717, 1.165) is 25.6 Å². The van der Waals surface area contributed by atoms with E-state index in [1.165, 1.54) is 12.5 Å². The molecule has 1 aliphatic rings. The fourth-order valence-corrected chi connectivity index (χ4v) is 3.02. The van der Waals surface area contributed by atoms with Gasteiger partial charge in [-0.1, -0.05) is 6.92 Å². The number of hydrogen-bond acceptors (Lipinski definition) is 4. The van der Waals surface area contributed by atoms with Crippen molar-refractivity contribution in [3.05, 3.63) is 23.5 Å². The maximum atomic E-state index is 14.1. The maximum absolute atomic E-state index is 14.1. The summed E-state index contributed by atoms with van der Waals surface area (Å²) in [4.78, 5) is 15.6. The van der Waals surface area contributed by atoms with Crippen molar-refractivity contribution in [2.75, 3.05) is 37.3 Å².